The molecular formula is C10H24O10. The molecule has 6 atom stereocenters. The summed E-state index contributed by atoms with van der Waals surface area (Å²) in [6, 6.07) is 0. The molecule has 0 aromatic heterocycles. The average Bonchev–Trinajstić information content (AvgIpc) is 2.50. The molecule has 10 nitrogen and oxygen atoms in total. The Balaban J connectivity index is 0. The number of rotatable bonds is 8. The molecule has 0 spiro atoms. The van der Waals surface area contributed by atoms with E-state index < -0.39 is 63.1 Å². The van der Waals surface area contributed by atoms with Crippen molar-refractivity contribution in [3.05, 3.63) is 0 Å². The molecule has 124 valence electrons. The molecule has 0 aromatic rings. The molecule has 0 saturated carbocycles. The average molecular weight is 304 g/mol. The standard InChI is InChI=1S/C6H14O6.C4H10O4/c7-1-3(9)5(11)6(12)4(10)2-8;5-1-3(7)4(8)2-6/h3-12H,1-2H2;3-8H,1-2H2/t3-,4-,5-,6-;3-,4+/m1./s1. The van der Waals surface area contributed by atoms with Crippen LogP contribution in [-0.2, 0) is 0 Å². The number of aliphatic hydroxyl groups is 10. The maximum absolute atomic E-state index is 8.96. The monoisotopic (exact) mass is 304 g/mol. The van der Waals surface area contributed by atoms with Crippen LogP contribution in [0.15, 0.2) is 0 Å². The van der Waals surface area contributed by atoms with Gasteiger partial charge < -0.3 is 51.1 Å². The normalized spacial score (nSPS) is 20.1. The Morgan fingerprint density at radius 2 is 0.600 bits per heavy atom. The van der Waals surface area contributed by atoms with Crippen LogP contribution in [-0.4, -0.2) is 114 Å². The minimum atomic E-state index is -1.67. The van der Waals surface area contributed by atoms with Gasteiger partial charge in [-0.3, -0.25) is 0 Å². The third kappa shape index (κ3) is 8.71. The van der Waals surface area contributed by atoms with Gasteiger partial charge in [0, 0.05) is 0 Å². The van der Waals surface area contributed by atoms with Crippen LogP contribution in [0.3, 0.4) is 0 Å². The van der Waals surface area contributed by atoms with E-state index >= 15 is 0 Å². The number of aliphatic hydroxyl groups excluding tert-OH is 10. The van der Waals surface area contributed by atoms with Gasteiger partial charge in [0.1, 0.15) is 36.6 Å². The summed E-state index contributed by atoms with van der Waals surface area (Å²) in [5, 5.41) is 85.3. The van der Waals surface area contributed by atoms with E-state index in [1.165, 1.54) is 0 Å². The second kappa shape index (κ2) is 12.3. The highest BCUT2D eigenvalue weighted by molar-refractivity contribution is 4.79. The third-order valence-corrected chi connectivity index (χ3v) is 2.33. The maximum atomic E-state index is 8.96. The van der Waals surface area contributed by atoms with Crippen LogP contribution in [0.4, 0.5) is 0 Å². The van der Waals surface area contributed by atoms with Crippen molar-refractivity contribution in [3.8, 4) is 0 Å². The van der Waals surface area contributed by atoms with E-state index in [0.29, 0.717) is 0 Å². The van der Waals surface area contributed by atoms with Gasteiger partial charge in [0.25, 0.3) is 0 Å². The predicted molar refractivity (Wildman–Crippen MR) is 64.4 cm³/mol. The van der Waals surface area contributed by atoms with Gasteiger partial charge in [-0.05, 0) is 0 Å². The molecular weight excluding hydrogens is 280 g/mol. The smallest absolute Gasteiger partial charge is 0.111 e. The summed E-state index contributed by atoms with van der Waals surface area (Å²) >= 11 is 0. The van der Waals surface area contributed by atoms with Crippen molar-refractivity contribution >= 4 is 0 Å². The van der Waals surface area contributed by atoms with E-state index in [4.69, 9.17) is 51.1 Å². The van der Waals surface area contributed by atoms with Crippen molar-refractivity contribution in [1.29, 1.82) is 0 Å². The van der Waals surface area contributed by atoms with Crippen LogP contribution in [0.2, 0.25) is 0 Å². The van der Waals surface area contributed by atoms with Gasteiger partial charge in [0.2, 0.25) is 0 Å². The Bertz CT molecular complexity index is 194. The summed E-state index contributed by atoms with van der Waals surface area (Å²) in [6.07, 6.45) is -8.84. The highest BCUT2D eigenvalue weighted by Gasteiger charge is 2.29. The first-order chi connectivity index (χ1) is 9.26. The largest absolute Gasteiger partial charge is 0.394 e. The second-order valence-corrected chi connectivity index (χ2v) is 3.98. The van der Waals surface area contributed by atoms with Gasteiger partial charge in [-0.2, -0.15) is 0 Å². The van der Waals surface area contributed by atoms with Gasteiger partial charge in [0.15, 0.2) is 0 Å². The van der Waals surface area contributed by atoms with Crippen LogP contribution in [0.1, 0.15) is 0 Å². The zero-order chi connectivity index (χ0) is 16.3. The molecule has 0 rings (SSSR count). The van der Waals surface area contributed by atoms with Crippen LogP contribution >= 0.6 is 0 Å². The predicted octanol–water partition coefficient (Wildman–Crippen LogP) is -5.89. The maximum Gasteiger partial charge on any atom is 0.111 e. The summed E-state index contributed by atoms with van der Waals surface area (Å²) in [4.78, 5) is 0. The molecule has 10 heteroatoms. The van der Waals surface area contributed by atoms with Gasteiger partial charge in [0.05, 0.1) is 26.4 Å². The third-order valence-electron chi connectivity index (χ3n) is 2.33. The highest BCUT2D eigenvalue weighted by Crippen LogP contribution is 2.04. The first kappa shape index (κ1) is 21.9. The Hall–Kier alpha value is -0.400. The van der Waals surface area contributed by atoms with Crippen molar-refractivity contribution < 1.29 is 51.1 Å². The lowest BCUT2D eigenvalue weighted by atomic mass is 10.0. The van der Waals surface area contributed by atoms with Crippen molar-refractivity contribution in [3.63, 3.8) is 0 Å². The SMILES string of the molecule is OC[C@@H](O)[C@@H](O)CO.OC[C@@H](O)[C@@H](O)[C@H](O)[C@H](O)CO. The van der Waals surface area contributed by atoms with E-state index in [0.717, 1.165) is 0 Å². The molecule has 0 aliphatic heterocycles. The van der Waals surface area contributed by atoms with E-state index in [1.54, 1.807) is 0 Å². The molecule has 0 aliphatic rings. The lowest BCUT2D eigenvalue weighted by molar-refractivity contribution is -0.123. The van der Waals surface area contributed by atoms with Crippen molar-refractivity contribution in [2.24, 2.45) is 0 Å². The summed E-state index contributed by atoms with van der Waals surface area (Å²) in [5.74, 6) is 0. The van der Waals surface area contributed by atoms with E-state index in [2.05, 4.69) is 0 Å². The Kier molecular flexibility index (Phi) is 13.5. The van der Waals surface area contributed by atoms with E-state index in [1.807, 2.05) is 0 Å². The fourth-order valence-electron chi connectivity index (χ4n) is 0.915. The molecule has 0 saturated heterocycles. The van der Waals surface area contributed by atoms with Gasteiger partial charge in [-0.1, -0.05) is 0 Å². The topological polar surface area (TPSA) is 202 Å². The summed E-state index contributed by atoms with van der Waals surface area (Å²) < 4.78 is 0. The molecule has 0 bridgehead atoms. The molecule has 0 aromatic carbocycles. The summed E-state index contributed by atoms with van der Waals surface area (Å²) in [6.45, 7) is -2.50. The number of hydrogen-bond donors (Lipinski definition) is 10. The highest BCUT2D eigenvalue weighted by atomic mass is 16.4. The van der Waals surface area contributed by atoms with E-state index in [-0.39, 0.29) is 0 Å². The quantitative estimate of drug-likeness (QED) is 0.206. The lowest BCUT2D eigenvalue weighted by Gasteiger charge is -2.24. The van der Waals surface area contributed by atoms with E-state index in [9.17, 15) is 0 Å². The Morgan fingerprint density at radius 3 is 0.750 bits per heavy atom. The minimum absolute atomic E-state index is 0.526. The Morgan fingerprint density at radius 1 is 0.400 bits per heavy atom. The first-order valence-corrected chi connectivity index (χ1v) is 5.78. The van der Waals surface area contributed by atoms with Crippen LogP contribution in [0, 0.1) is 0 Å². The first-order valence-electron chi connectivity index (χ1n) is 5.78. The molecule has 0 fully saturated rings. The lowest BCUT2D eigenvalue weighted by Crippen LogP contribution is -2.46. The zero-order valence-corrected chi connectivity index (χ0v) is 10.8. The molecule has 0 heterocycles. The summed E-state index contributed by atoms with van der Waals surface area (Å²) in [5.41, 5.74) is 0. The fraction of sp³-hybridized carbons (Fsp3) is 1.00. The number of hydrogen-bond acceptors (Lipinski definition) is 10. The van der Waals surface area contributed by atoms with Gasteiger partial charge in [-0.15, -0.1) is 0 Å². The zero-order valence-electron chi connectivity index (χ0n) is 10.8. The van der Waals surface area contributed by atoms with Crippen LogP contribution in [0.25, 0.3) is 0 Å². The minimum Gasteiger partial charge on any atom is -0.394 e. The molecule has 0 amide bonds. The molecule has 0 unspecified atom stereocenters. The van der Waals surface area contributed by atoms with Crippen molar-refractivity contribution in [1.82, 2.24) is 0 Å². The van der Waals surface area contributed by atoms with Crippen LogP contribution in [0.5, 0.6) is 0 Å². The summed E-state index contributed by atoms with van der Waals surface area (Å²) in [7, 11) is 0. The van der Waals surface area contributed by atoms with Crippen molar-refractivity contribution in [2.75, 3.05) is 26.4 Å². The molecule has 0 radical (unpaired) electrons. The molecule has 20 heavy (non-hydrogen) atoms. The van der Waals surface area contributed by atoms with Gasteiger partial charge in [-0.25, -0.2) is 0 Å². The Labute approximate surface area is 115 Å². The van der Waals surface area contributed by atoms with Crippen molar-refractivity contribution in [2.45, 2.75) is 36.6 Å². The molecule has 10 N–H and O–H groups in total. The molecule has 0 aliphatic carbocycles. The van der Waals surface area contributed by atoms with Gasteiger partial charge >= 0.3 is 0 Å². The second-order valence-electron chi connectivity index (χ2n) is 3.98. The fourth-order valence-corrected chi connectivity index (χ4v) is 0.915. The van der Waals surface area contributed by atoms with Crippen LogP contribution < -0.4 is 0 Å².